The summed E-state index contributed by atoms with van der Waals surface area (Å²) in [6.07, 6.45) is 6.23. The summed E-state index contributed by atoms with van der Waals surface area (Å²) in [6, 6.07) is 0. The molecule has 1 heterocycles. The average Bonchev–Trinajstić information content (AvgIpc) is 1.89. The summed E-state index contributed by atoms with van der Waals surface area (Å²) < 4.78 is 2.37. The first-order valence-electron chi connectivity index (χ1n) is 3.45. The third-order valence-electron chi connectivity index (χ3n) is 1.80. The molecule has 1 rings (SSSR count). The predicted octanol–water partition coefficient (Wildman–Crippen LogP) is 1.57. The molecule has 0 aromatic rings. The van der Waals surface area contributed by atoms with Gasteiger partial charge in [0.15, 0.2) is 0 Å². The highest BCUT2D eigenvalue weighted by Crippen LogP contribution is 2.11. The first-order valence-corrected chi connectivity index (χ1v) is 4.68. The fourth-order valence-corrected chi connectivity index (χ4v) is 1.95. The Morgan fingerprint density at radius 3 is 2.67 bits per heavy atom. The minimum Gasteiger partial charge on any atom is -0.231 e. The van der Waals surface area contributed by atoms with Crippen molar-refractivity contribution in [1.82, 2.24) is 0 Å². The second kappa shape index (κ2) is 3.25. The molecule has 52 valence electrons. The van der Waals surface area contributed by atoms with E-state index in [4.69, 9.17) is 0 Å². The molecular formula is C7H14NS+. The van der Waals surface area contributed by atoms with Crippen molar-refractivity contribution >= 4 is 16.8 Å². The lowest BCUT2D eigenvalue weighted by molar-refractivity contribution is -0.499. The maximum atomic E-state index is 2.37. The molecule has 0 aromatic heterocycles. The van der Waals surface area contributed by atoms with E-state index in [0.29, 0.717) is 0 Å². The molecule has 0 spiro atoms. The summed E-state index contributed by atoms with van der Waals surface area (Å²) in [6.45, 7) is 1.26. The molecule has 9 heavy (non-hydrogen) atoms. The van der Waals surface area contributed by atoms with Gasteiger partial charge in [-0.15, -0.1) is 0 Å². The molecule has 0 atom stereocenters. The lowest BCUT2D eigenvalue weighted by Crippen LogP contribution is -2.20. The second-order valence-electron chi connectivity index (χ2n) is 2.48. The van der Waals surface area contributed by atoms with Gasteiger partial charge in [0.1, 0.15) is 13.6 Å². The summed E-state index contributed by atoms with van der Waals surface area (Å²) in [5.41, 5.74) is 0. The summed E-state index contributed by atoms with van der Waals surface area (Å²) in [5.74, 6) is 0. The number of hydrogen-bond acceptors (Lipinski definition) is 1. The van der Waals surface area contributed by atoms with Gasteiger partial charge in [0.2, 0.25) is 5.04 Å². The van der Waals surface area contributed by atoms with Gasteiger partial charge in [0, 0.05) is 12.8 Å². The van der Waals surface area contributed by atoms with Crippen molar-refractivity contribution in [2.45, 2.75) is 19.3 Å². The molecule has 0 N–H and O–H groups in total. The molecule has 0 saturated carbocycles. The van der Waals surface area contributed by atoms with Crippen molar-refractivity contribution in [2.24, 2.45) is 0 Å². The Bertz CT molecular complexity index is 129. The standard InChI is InChI=1S/C7H14NS/c1-8-6-4-3-5-7(8)9-2/h3-6H2,1-2H3/q+1. The average molecular weight is 144 g/mol. The first-order chi connectivity index (χ1) is 4.34. The van der Waals surface area contributed by atoms with E-state index < -0.39 is 0 Å². The van der Waals surface area contributed by atoms with Crippen LogP contribution in [0.1, 0.15) is 19.3 Å². The predicted molar refractivity (Wildman–Crippen MR) is 43.4 cm³/mol. The van der Waals surface area contributed by atoms with Gasteiger partial charge in [-0.2, -0.15) is 0 Å². The molecule has 0 aromatic carbocycles. The molecule has 0 bridgehead atoms. The van der Waals surface area contributed by atoms with Gasteiger partial charge in [0.25, 0.3) is 0 Å². The minimum absolute atomic E-state index is 1.26. The van der Waals surface area contributed by atoms with Crippen LogP contribution in [0.3, 0.4) is 0 Å². The molecule has 0 radical (unpaired) electrons. The molecule has 0 aliphatic carbocycles. The van der Waals surface area contributed by atoms with Gasteiger partial charge >= 0.3 is 0 Å². The summed E-state index contributed by atoms with van der Waals surface area (Å²) >= 11 is 1.90. The van der Waals surface area contributed by atoms with Gasteiger partial charge in [-0.1, -0.05) is 11.8 Å². The Morgan fingerprint density at radius 2 is 2.22 bits per heavy atom. The fraction of sp³-hybridized carbons (Fsp3) is 0.857. The van der Waals surface area contributed by atoms with Gasteiger partial charge in [-0.25, -0.2) is 4.58 Å². The Labute approximate surface area is 61.2 Å². The van der Waals surface area contributed by atoms with Crippen LogP contribution in [0.4, 0.5) is 0 Å². The molecule has 0 fully saturated rings. The molecule has 2 heteroatoms. The van der Waals surface area contributed by atoms with E-state index in [0.717, 1.165) is 0 Å². The smallest absolute Gasteiger partial charge is 0.210 e. The molecular weight excluding hydrogens is 130 g/mol. The van der Waals surface area contributed by atoms with Crippen LogP contribution in [-0.4, -0.2) is 29.5 Å². The van der Waals surface area contributed by atoms with E-state index >= 15 is 0 Å². The van der Waals surface area contributed by atoms with Crippen LogP contribution < -0.4 is 0 Å². The number of nitrogens with zero attached hydrogens (tertiary/aromatic N) is 1. The van der Waals surface area contributed by atoms with E-state index in [9.17, 15) is 0 Å². The Hall–Kier alpha value is 0.0200. The van der Waals surface area contributed by atoms with Crippen molar-refractivity contribution in [1.29, 1.82) is 0 Å². The van der Waals surface area contributed by atoms with Crippen LogP contribution >= 0.6 is 11.8 Å². The van der Waals surface area contributed by atoms with Crippen LogP contribution in [0.15, 0.2) is 0 Å². The van der Waals surface area contributed by atoms with E-state index in [2.05, 4.69) is 17.9 Å². The fourth-order valence-electron chi connectivity index (χ4n) is 1.20. The highest BCUT2D eigenvalue weighted by molar-refractivity contribution is 8.13. The number of hydrogen-bond donors (Lipinski definition) is 0. The Morgan fingerprint density at radius 1 is 1.44 bits per heavy atom. The van der Waals surface area contributed by atoms with Gasteiger partial charge in [-0.05, 0) is 12.7 Å². The molecule has 1 nitrogen and oxygen atoms in total. The third kappa shape index (κ3) is 1.71. The zero-order valence-electron chi connectivity index (χ0n) is 6.18. The minimum atomic E-state index is 1.26. The highest BCUT2D eigenvalue weighted by Gasteiger charge is 2.13. The van der Waals surface area contributed by atoms with Gasteiger partial charge < -0.3 is 0 Å². The summed E-state index contributed by atoms with van der Waals surface area (Å²) in [5, 5.41) is 1.56. The summed E-state index contributed by atoms with van der Waals surface area (Å²) in [7, 11) is 2.19. The quantitative estimate of drug-likeness (QED) is 0.466. The van der Waals surface area contributed by atoms with E-state index in [1.54, 1.807) is 5.04 Å². The maximum absolute atomic E-state index is 2.37. The van der Waals surface area contributed by atoms with Gasteiger partial charge in [-0.3, -0.25) is 0 Å². The molecule has 0 unspecified atom stereocenters. The lowest BCUT2D eigenvalue weighted by atomic mass is 10.2. The second-order valence-corrected chi connectivity index (χ2v) is 3.36. The van der Waals surface area contributed by atoms with Gasteiger partial charge in [0.05, 0.1) is 0 Å². The zero-order chi connectivity index (χ0) is 6.69. The third-order valence-corrected chi connectivity index (χ3v) is 2.78. The largest absolute Gasteiger partial charge is 0.231 e. The zero-order valence-corrected chi connectivity index (χ0v) is 7.00. The number of rotatable bonds is 0. The topological polar surface area (TPSA) is 3.01 Å². The molecule has 1 aliphatic heterocycles. The monoisotopic (exact) mass is 144 g/mol. The summed E-state index contributed by atoms with van der Waals surface area (Å²) in [4.78, 5) is 0. The van der Waals surface area contributed by atoms with Crippen LogP contribution in [0.25, 0.3) is 0 Å². The van der Waals surface area contributed by atoms with Crippen molar-refractivity contribution < 1.29 is 4.58 Å². The lowest BCUT2D eigenvalue weighted by Gasteiger charge is -2.08. The normalized spacial score (nSPS) is 20.7. The SMILES string of the molecule is CSC1=[N+](C)CCCC1. The Balaban J connectivity index is 2.59. The van der Waals surface area contributed by atoms with Crippen molar-refractivity contribution in [3.63, 3.8) is 0 Å². The van der Waals surface area contributed by atoms with Crippen LogP contribution in [0.2, 0.25) is 0 Å². The van der Waals surface area contributed by atoms with Crippen molar-refractivity contribution in [3.05, 3.63) is 0 Å². The van der Waals surface area contributed by atoms with E-state index in [1.807, 2.05) is 11.8 Å². The van der Waals surface area contributed by atoms with Crippen molar-refractivity contribution in [3.8, 4) is 0 Å². The van der Waals surface area contributed by atoms with Crippen LogP contribution in [-0.2, 0) is 0 Å². The van der Waals surface area contributed by atoms with Crippen molar-refractivity contribution in [2.75, 3.05) is 19.8 Å². The highest BCUT2D eigenvalue weighted by atomic mass is 32.2. The molecule has 1 aliphatic rings. The maximum Gasteiger partial charge on any atom is 0.210 e. The van der Waals surface area contributed by atoms with E-state index in [-0.39, 0.29) is 0 Å². The van der Waals surface area contributed by atoms with Crippen LogP contribution in [0.5, 0.6) is 0 Å². The first kappa shape index (κ1) is 7.13. The molecule has 0 saturated heterocycles. The Kier molecular flexibility index (Phi) is 2.58. The van der Waals surface area contributed by atoms with E-state index in [1.165, 1.54) is 25.8 Å². The number of thioether (sulfide) groups is 1. The van der Waals surface area contributed by atoms with Crippen LogP contribution in [0, 0.1) is 0 Å². The molecule has 0 amide bonds.